The van der Waals surface area contributed by atoms with Gasteiger partial charge < -0.3 is 15.1 Å². The van der Waals surface area contributed by atoms with Crippen LogP contribution in [0, 0.1) is 5.82 Å². The van der Waals surface area contributed by atoms with Gasteiger partial charge in [-0.3, -0.25) is 5.10 Å². The second kappa shape index (κ2) is 8.64. The first-order chi connectivity index (χ1) is 10.8. The van der Waals surface area contributed by atoms with Crippen LogP contribution < -0.4 is 0 Å². The number of para-hydroxylation sites is 1. The smallest absolute Gasteiger partial charge is 0.328 e. The molecule has 0 spiro atoms. The molecule has 0 radical (unpaired) electrons. The van der Waals surface area contributed by atoms with Crippen molar-refractivity contribution >= 4 is 22.8 Å². The van der Waals surface area contributed by atoms with Crippen LogP contribution in [0.1, 0.15) is 5.69 Å². The number of carboxylic acid groups (broad SMARTS) is 2. The Hall–Kier alpha value is -2.74. The number of nitrogens with zero attached hydrogens (tertiary/aromatic N) is 2. The number of likely N-dealkylation sites (N-methyl/N-ethyl adjacent to an activating group) is 1. The summed E-state index contributed by atoms with van der Waals surface area (Å²) in [5, 5.41) is 23.4. The zero-order valence-corrected chi connectivity index (χ0v) is 12.8. The Morgan fingerprint density at radius 1 is 1.26 bits per heavy atom. The number of rotatable bonds is 5. The van der Waals surface area contributed by atoms with Gasteiger partial charge in [-0.1, -0.05) is 12.1 Å². The summed E-state index contributed by atoms with van der Waals surface area (Å²) in [6.07, 6.45) is 1.95. The van der Waals surface area contributed by atoms with Crippen LogP contribution in [0.4, 0.5) is 4.39 Å². The highest BCUT2D eigenvalue weighted by Crippen LogP contribution is 2.18. The molecule has 23 heavy (non-hydrogen) atoms. The zero-order chi connectivity index (χ0) is 17.4. The van der Waals surface area contributed by atoms with Crippen LogP contribution in [0.5, 0.6) is 0 Å². The van der Waals surface area contributed by atoms with E-state index in [0.29, 0.717) is 17.7 Å². The lowest BCUT2D eigenvalue weighted by molar-refractivity contribution is -0.134. The Morgan fingerprint density at radius 3 is 2.39 bits per heavy atom. The number of H-pyrrole nitrogens is 1. The predicted molar refractivity (Wildman–Crippen MR) is 82.7 cm³/mol. The van der Waals surface area contributed by atoms with Crippen molar-refractivity contribution in [2.75, 3.05) is 20.6 Å². The first-order valence-electron chi connectivity index (χ1n) is 6.71. The lowest BCUT2D eigenvalue weighted by atomic mass is 10.1. The van der Waals surface area contributed by atoms with Crippen LogP contribution >= 0.6 is 0 Å². The molecule has 0 aliphatic carbocycles. The highest BCUT2D eigenvalue weighted by molar-refractivity contribution is 5.89. The number of hydrogen-bond donors (Lipinski definition) is 3. The van der Waals surface area contributed by atoms with Gasteiger partial charge in [0.25, 0.3) is 0 Å². The third-order valence-corrected chi connectivity index (χ3v) is 2.79. The van der Waals surface area contributed by atoms with Gasteiger partial charge in [0.1, 0.15) is 11.3 Å². The molecule has 124 valence electrons. The van der Waals surface area contributed by atoms with Gasteiger partial charge in [0.15, 0.2) is 0 Å². The number of aromatic amines is 1. The maximum Gasteiger partial charge on any atom is 0.328 e. The summed E-state index contributed by atoms with van der Waals surface area (Å²) in [6.45, 7) is 0.913. The van der Waals surface area contributed by atoms with E-state index in [0.717, 1.165) is 24.0 Å². The SMILES string of the molecule is CN(C)CCc1n[nH]c2c(F)cccc12.O=C(O)/C=C/C(=O)O. The third kappa shape index (κ3) is 6.27. The molecule has 2 rings (SSSR count). The van der Waals surface area contributed by atoms with E-state index in [2.05, 4.69) is 15.1 Å². The molecule has 2 aromatic rings. The molecular weight excluding hydrogens is 305 g/mol. The molecule has 1 aromatic carbocycles. The van der Waals surface area contributed by atoms with Gasteiger partial charge in [-0.25, -0.2) is 14.0 Å². The number of carboxylic acids is 2. The molecule has 7 nitrogen and oxygen atoms in total. The van der Waals surface area contributed by atoms with Crippen LogP contribution in [0.3, 0.4) is 0 Å². The van der Waals surface area contributed by atoms with Crippen molar-refractivity contribution in [1.29, 1.82) is 0 Å². The standard InChI is InChI=1S/C11H14FN3.C4H4O4/c1-15(2)7-6-10-8-4-3-5-9(12)11(8)14-13-10;5-3(6)1-2-4(7)8/h3-5H,6-7H2,1-2H3,(H,13,14);1-2H,(H,5,6)(H,7,8)/b;2-1+. The van der Waals surface area contributed by atoms with E-state index < -0.39 is 11.9 Å². The highest BCUT2D eigenvalue weighted by atomic mass is 19.1. The van der Waals surface area contributed by atoms with E-state index in [9.17, 15) is 14.0 Å². The van der Waals surface area contributed by atoms with Crippen LogP contribution in [-0.4, -0.2) is 57.9 Å². The van der Waals surface area contributed by atoms with E-state index in [1.54, 1.807) is 6.07 Å². The second-order valence-electron chi connectivity index (χ2n) is 4.90. The van der Waals surface area contributed by atoms with Gasteiger partial charge in [0, 0.05) is 30.5 Å². The molecule has 0 atom stereocenters. The summed E-state index contributed by atoms with van der Waals surface area (Å²) < 4.78 is 13.3. The average molecular weight is 323 g/mol. The summed E-state index contributed by atoms with van der Waals surface area (Å²) in [4.78, 5) is 21.2. The van der Waals surface area contributed by atoms with Crippen LogP contribution in [0.25, 0.3) is 10.9 Å². The van der Waals surface area contributed by atoms with Crippen LogP contribution in [0.15, 0.2) is 30.4 Å². The number of fused-ring (bicyclic) bond motifs is 1. The summed E-state index contributed by atoms with van der Waals surface area (Å²) in [5.74, 6) is -2.75. The predicted octanol–water partition coefficient (Wildman–Crippen LogP) is 1.52. The third-order valence-electron chi connectivity index (χ3n) is 2.79. The number of aromatic nitrogens is 2. The van der Waals surface area contributed by atoms with Crippen molar-refractivity contribution in [3.63, 3.8) is 0 Å². The number of benzene rings is 1. The lowest BCUT2D eigenvalue weighted by Gasteiger charge is -2.07. The summed E-state index contributed by atoms with van der Waals surface area (Å²) in [7, 11) is 4.02. The Bertz CT molecular complexity index is 694. The van der Waals surface area contributed by atoms with Crippen molar-refractivity contribution in [2.45, 2.75) is 6.42 Å². The van der Waals surface area contributed by atoms with Gasteiger partial charge in [-0.15, -0.1) is 0 Å². The first kappa shape index (κ1) is 18.3. The lowest BCUT2D eigenvalue weighted by Crippen LogP contribution is -2.15. The van der Waals surface area contributed by atoms with Gasteiger partial charge in [-0.2, -0.15) is 5.10 Å². The molecule has 0 aliphatic rings. The van der Waals surface area contributed by atoms with E-state index >= 15 is 0 Å². The van der Waals surface area contributed by atoms with E-state index in [1.165, 1.54) is 6.07 Å². The second-order valence-corrected chi connectivity index (χ2v) is 4.90. The Morgan fingerprint density at radius 2 is 1.87 bits per heavy atom. The maximum atomic E-state index is 13.3. The number of aliphatic carboxylic acids is 2. The minimum atomic E-state index is -1.26. The molecule has 0 saturated heterocycles. The van der Waals surface area contributed by atoms with Crippen molar-refractivity contribution in [1.82, 2.24) is 15.1 Å². The largest absolute Gasteiger partial charge is 0.478 e. The zero-order valence-electron chi connectivity index (χ0n) is 12.8. The van der Waals surface area contributed by atoms with Crippen LogP contribution in [0.2, 0.25) is 0 Å². The molecule has 0 fully saturated rings. The molecule has 3 N–H and O–H groups in total. The Balaban J connectivity index is 0.000000284. The average Bonchev–Trinajstić information content (AvgIpc) is 2.88. The molecule has 1 aromatic heterocycles. The summed E-state index contributed by atoms with van der Waals surface area (Å²) in [6, 6.07) is 5.05. The number of carbonyl (C=O) groups is 2. The van der Waals surface area contributed by atoms with E-state index in [1.807, 2.05) is 20.2 Å². The number of nitrogens with one attached hydrogen (secondary N) is 1. The van der Waals surface area contributed by atoms with Gasteiger partial charge in [-0.05, 0) is 20.2 Å². The minimum Gasteiger partial charge on any atom is -0.478 e. The number of hydrogen-bond acceptors (Lipinski definition) is 4. The molecule has 0 unspecified atom stereocenters. The molecule has 0 saturated carbocycles. The molecule has 8 heteroatoms. The van der Waals surface area contributed by atoms with Crippen LogP contribution in [-0.2, 0) is 16.0 Å². The first-order valence-corrected chi connectivity index (χ1v) is 6.71. The number of halogens is 1. The Labute approximate surface area is 132 Å². The monoisotopic (exact) mass is 323 g/mol. The van der Waals surface area contributed by atoms with E-state index in [-0.39, 0.29) is 5.82 Å². The summed E-state index contributed by atoms with van der Waals surface area (Å²) >= 11 is 0. The fourth-order valence-electron chi connectivity index (χ4n) is 1.72. The van der Waals surface area contributed by atoms with Gasteiger partial charge >= 0.3 is 11.9 Å². The molecule has 0 amide bonds. The van der Waals surface area contributed by atoms with Gasteiger partial charge in [0.2, 0.25) is 0 Å². The molecule has 0 bridgehead atoms. The molecule has 0 aliphatic heterocycles. The van der Waals surface area contributed by atoms with Gasteiger partial charge in [0.05, 0.1) is 5.69 Å². The highest BCUT2D eigenvalue weighted by Gasteiger charge is 2.08. The molecular formula is C15H18FN3O4. The quantitative estimate of drug-likeness (QED) is 0.720. The fourth-order valence-corrected chi connectivity index (χ4v) is 1.72. The summed E-state index contributed by atoms with van der Waals surface area (Å²) in [5.41, 5.74) is 1.43. The minimum absolute atomic E-state index is 0.240. The topological polar surface area (TPSA) is 107 Å². The van der Waals surface area contributed by atoms with Crippen molar-refractivity contribution in [3.8, 4) is 0 Å². The Kier molecular flexibility index (Phi) is 6.88. The van der Waals surface area contributed by atoms with Crippen molar-refractivity contribution < 1.29 is 24.2 Å². The van der Waals surface area contributed by atoms with E-state index in [4.69, 9.17) is 10.2 Å². The van der Waals surface area contributed by atoms with Crippen molar-refractivity contribution in [2.24, 2.45) is 0 Å². The fraction of sp³-hybridized carbons (Fsp3) is 0.267. The molecule has 1 heterocycles. The normalized spacial score (nSPS) is 10.8. The maximum absolute atomic E-state index is 13.3. The van der Waals surface area contributed by atoms with Crippen molar-refractivity contribution in [3.05, 3.63) is 41.9 Å².